The zero-order valence-electron chi connectivity index (χ0n) is 17.0. The van der Waals surface area contributed by atoms with Crippen molar-refractivity contribution in [2.75, 3.05) is 10.2 Å². The van der Waals surface area contributed by atoms with Crippen LogP contribution in [-0.2, 0) is 16.0 Å². The molecule has 3 aromatic rings. The van der Waals surface area contributed by atoms with Crippen LogP contribution in [0.25, 0.3) is 0 Å². The molecule has 0 unspecified atom stereocenters. The number of benzene rings is 1. The Balaban J connectivity index is 1.52. The van der Waals surface area contributed by atoms with E-state index in [2.05, 4.69) is 20.5 Å². The first-order chi connectivity index (χ1) is 14.3. The van der Waals surface area contributed by atoms with Gasteiger partial charge in [0.2, 0.25) is 17.7 Å². The molecule has 0 bridgehead atoms. The summed E-state index contributed by atoms with van der Waals surface area (Å²) in [6, 6.07) is 7.27. The van der Waals surface area contributed by atoms with Crippen LogP contribution >= 0.6 is 23.1 Å². The van der Waals surface area contributed by atoms with E-state index in [0.29, 0.717) is 28.9 Å². The average molecular weight is 444 g/mol. The number of amides is 2. The highest BCUT2D eigenvalue weighted by Gasteiger charge is 2.45. The highest BCUT2D eigenvalue weighted by Crippen LogP contribution is 2.38. The predicted molar refractivity (Wildman–Crippen MR) is 116 cm³/mol. The number of rotatable bonds is 5. The Morgan fingerprint density at radius 2 is 2.10 bits per heavy atom. The van der Waals surface area contributed by atoms with Gasteiger partial charge in [0, 0.05) is 5.38 Å². The number of nitrogens with one attached hydrogen (secondary N) is 1. The highest BCUT2D eigenvalue weighted by atomic mass is 32.2. The van der Waals surface area contributed by atoms with Gasteiger partial charge in [0.1, 0.15) is 5.54 Å². The van der Waals surface area contributed by atoms with E-state index in [4.69, 9.17) is 4.42 Å². The van der Waals surface area contributed by atoms with Crippen molar-refractivity contribution in [3.8, 4) is 0 Å². The monoisotopic (exact) mass is 443 g/mol. The van der Waals surface area contributed by atoms with Crippen LogP contribution in [0.4, 0.5) is 11.4 Å². The minimum Gasteiger partial charge on any atom is -0.416 e. The van der Waals surface area contributed by atoms with Crippen LogP contribution in [0.1, 0.15) is 37.4 Å². The summed E-state index contributed by atoms with van der Waals surface area (Å²) >= 11 is 2.74. The molecule has 0 aliphatic carbocycles. The van der Waals surface area contributed by atoms with Gasteiger partial charge in [0.15, 0.2) is 0 Å². The molecule has 30 heavy (non-hydrogen) atoms. The van der Waals surface area contributed by atoms with Gasteiger partial charge < -0.3 is 9.73 Å². The fraction of sp³-hybridized carbons (Fsp3) is 0.350. The Morgan fingerprint density at radius 3 is 2.83 bits per heavy atom. The summed E-state index contributed by atoms with van der Waals surface area (Å²) in [6.45, 7) is 7.17. The molecule has 2 aromatic heterocycles. The molecule has 2 amide bonds. The van der Waals surface area contributed by atoms with Gasteiger partial charge in [-0.05, 0) is 39.8 Å². The summed E-state index contributed by atoms with van der Waals surface area (Å²) in [7, 11) is 0. The molecule has 1 aromatic carbocycles. The fourth-order valence-electron chi connectivity index (χ4n) is 3.23. The van der Waals surface area contributed by atoms with Crippen LogP contribution in [-0.4, -0.2) is 37.8 Å². The number of aromatic nitrogens is 3. The van der Waals surface area contributed by atoms with Crippen LogP contribution in [0.3, 0.4) is 0 Å². The van der Waals surface area contributed by atoms with E-state index in [0.717, 1.165) is 10.7 Å². The van der Waals surface area contributed by atoms with Crippen molar-refractivity contribution in [2.24, 2.45) is 0 Å². The van der Waals surface area contributed by atoms with Crippen molar-refractivity contribution in [1.29, 1.82) is 0 Å². The minimum atomic E-state index is -1.03. The molecule has 8 nitrogen and oxygen atoms in total. The average Bonchev–Trinajstić information content (AvgIpc) is 3.31. The summed E-state index contributed by atoms with van der Waals surface area (Å²) in [5.41, 5.74) is 1.14. The van der Waals surface area contributed by atoms with Crippen LogP contribution < -0.4 is 10.2 Å². The van der Waals surface area contributed by atoms with Crippen LogP contribution in [0.2, 0.25) is 0 Å². The first-order valence-corrected chi connectivity index (χ1v) is 11.2. The first-order valence-electron chi connectivity index (χ1n) is 9.40. The molecule has 0 fully saturated rings. The number of aryl methyl sites for hydroxylation is 1. The number of thioether (sulfide) groups is 1. The molecule has 156 valence electrons. The standard InChI is InChI=1S/C20H21N5O3S2/c1-11(30-19-24-23-16(28-19)9-13-10-29-12(2)21-13)17(26)25-15-8-6-5-7-14(15)22-18(27)20(25,3)4/h5-8,10-11H,9H2,1-4H3,(H,22,27)/t11-/m0/s1. The predicted octanol–water partition coefficient (Wildman–Crippen LogP) is 3.67. The second kappa shape index (κ2) is 7.84. The van der Waals surface area contributed by atoms with Gasteiger partial charge in [-0.2, -0.15) is 0 Å². The van der Waals surface area contributed by atoms with E-state index in [1.54, 1.807) is 43.1 Å². The van der Waals surface area contributed by atoms with Crippen molar-refractivity contribution in [1.82, 2.24) is 15.2 Å². The first kappa shape index (κ1) is 20.5. The molecule has 10 heteroatoms. The van der Waals surface area contributed by atoms with E-state index in [9.17, 15) is 9.59 Å². The lowest BCUT2D eigenvalue weighted by atomic mass is 9.96. The second-order valence-corrected chi connectivity index (χ2v) is 9.81. The Bertz CT molecular complexity index is 1110. The molecule has 0 spiro atoms. The van der Waals surface area contributed by atoms with E-state index < -0.39 is 10.8 Å². The molecule has 1 N–H and O–H groups in total. The van der Waals surface area contributed by atoms with E-state index >= 15 is 0 Å². The quantitative estimate of drug-likeness (QED) is 0.600. The minimum absolute atomic E-state index is 0.206. The molecule has 0 radical (unpaired) electrons. The molecular formula is C20H21N5O3S2. The van der Waals surface area contributed by atoms with Crippen molar-refractivity contribution in [3.05, 3.63) is 46.2 Å². The number of anilines is 2. The number of fused-ring (bicyclic) bond motifs is 1. The largest absolute Gasteiger partial charge is 0.416 e. The van der Waals surface area contributed by atoms with Gasteiger partial charge in [-0.25, -0.2) is 4.98 Å². The summed E-state index contributed by atoms with van der Waals surface area (Å²) in [6.07, 6.45) is 0.451. The van der Waals surface area contributed by atoms with Gasteiger partial charge in [0.05, 0.1) is 33.7 Å². The van der Waals surface area contributed by atoms with Crippen LogP contribution in [0.5, 0.6) is 0 Å². The summed E-state index contributed by atoms with van der Waals surface area (Å²) in [5.74, 6) is 0.0121. The van der Waals surface area contributed by atoms with E-state index in [1.807, 2.05) is 30.5 Å². The van der Waals surface area contributed by atoms with Crippen molar-refractivity contribution < 1.29 is 14.0 Å². The Kier molecular flexibility index (Phi) is 5.37. The van der Waals surface area contributed by atoms with Crippen LogP contribution in [0, 0.1) is 6.92 Å². The molecule has 1 aliphatic heterocycles. The second-order valence-electron chi connectivity index (χ2n) is 7.46. The number of nitrogens with zero attached hydrogens (tertiary/aromatic N) is 4. The number of hydrogen-bond acceptors (Lipinski definition) is 8. The molecule has 3 heterocycles. The number of para-hydroxylation sites is 2. The maximum absolute atomic E-state index is 13.4. The van der Waals surface area contributed by atoms with Crippen molar-refractivity contribution >= 4 is 46.3 Å². The molecular weight excluding hydrogens is 422 g/mol. The molecule has 0 saturated heterocycles. The lowest BCUT2D eigenvalue weighted by molar-refractivity contribution is -0.126. The number of hydrogen-bond donors (Lipinski definition) is 1. The number of carbonyl (C=O) groups is 2. The zero-order chi connectivity index (χ0) is 21.5. The fourth-order valence-corrected chi connectivity index (χ4v) is 4.59. The third-order valence-corrected chi connectivity index (χ3v) is 6.54. The summed E-state index contributed by atoms with van der Waals surface area (Å²) in [4.78, 5) is 31.9. The van der Waals surface area contributed by atoms with Crippen molar-refractivity contribution in [2.45, 2.75) is 50.1 Å². The van der Waals surface area contributed by atoms with Gasteiger partial charge >= 0.3 is 0 Å². The van der Waals surface area contributed by atoms with E-state index in [-0.39, 0.29) is 11.8 Å². The highest BCUT2D eigenvalue weighted by molar-refractivity contribution is 8.00. The summed E-state index contributed by atoms with van der Waals surface area (Å²) < 4.78 is 5.70. The van der Waals surface area contributed by atoms with Gasteiger partial charge in [-0.1, -0.05) is 23.9 Å². The van der Waals surface area contributed by atoms with E-state index in [1.165, 1.54) is 11.8 Å². The SMILES string of the molecule is Cc1nc(Cc2nnc(S[C@@H](C)C(=O)N3c4ccccc4NC(=O)C3(C)C)o2)cs1. The maximum atomic E-state index is 13.4. The molecule has 4 rings (SSSR count). The smallest absolute Gasteiger partial charge is 0.277 e. The normalized spacial score (nSPS) is 16.1. The van der Waals surface area contributed by atoms with Gasteiger partial charge in [0.25, 0.3) is 5.22 Å². The third kappa shape index (κ3) is 3.84. The Hall–Kier alpha value is -2.72. The van der Waals surface area contributed by atoms with Gasteiger partial charge in [-0.3, -0.25) is 14.5 Å². The maximum Gasteiger partial charge on any atom is 0.277 e. The van der Waals surface area contributed by atoms with Crippen LogP contribution in [0.15, 0.2) is 39.3 Å². The topological polar surface area (TPSA) is 101 Å². The lowest BCUT2D eigenvalue weighted by Gasteiger charge is -2.42. The molecule has 0 saturated carbocycles. The van der Waals surface area contributed by atoms with Gasteiger partial charge in [-0.15, -0.1) is 21.5 Å². The number of thiazole rings is 1. The molecule has 1 atom stereocenters. The third-order valence-electron chi connectivity index (χ3n) is 4.80. The zero-order valence-corrected chi connectivity index (χ0v) is 18.6. The Labute approximate surface area is 182 Å². The lowest BCUT2D eigenvalue weighted by Crippen LogP contribution is -2.60. The van der Waals surface area contributed by atoms with Crippen molar-refractivity contribution in [3.63, 3.8) is 0 Å². The Morgan fingerprint density at radius 1 is 1.33 bits per heavy atom. The molecule has 1 aliphatic rings. The summed E-state index contributed by atoms with van der Waals surface area (Å²) in [5, 5.41) is 13.7. The number of carbonyl (C=O) groups excluding carboxylic acids is 2.